The summed E-state index contributed by atoms with van der Waals surface area (Å²) in [5, 5.41) is 24.0. The molecule has 0 saturated carbocycles. The Balaban J connectivity index is 2.15. The first-order valence-corrected chi connectivity index (χ1v) is 10.4. The van der Waals surface area contributed by atoms with Crippen LogP contribution in [0.1, 0.15) is 51.6 Å². The van der Waals surface area contributed by atoms with Gasteiger partial charge in [-0.05, 0) is 24.8 Å². The number of unbranched alkanes of at least 4 members (excludes halogenated alkanes) is 1. The fraction of sp³-hybridized carbons (Fsp3) is 0.591. The lowest BCUT2D eigenvalue weighted by Gasteiger charge is -2.32. The van der Waals surface area contributed by atoms with Crippen molar-refractivity contribution >= 4 is 17.8 Å². The average molecular weight is 418 g/mol. The number of methoxy groups -OCH3 is 1. The van der Waals surface area contributed by atoms with E-state index in [1.807, 2.05) is 20.8 Å². The zero-order valence-corrected chi connectivity index (χ0v) is 17.8. The maximum atomic E-state index is 13.3. The third-order valence-corrected chi connectivity index (χ3v) is 6.18. The van der Waals surface area contributed by atoms with Crippen LogP contribution in [0.4, 0.5) is 0 Å². The average Bonchev–Trinajstić information content (AvgIpc) is 3.15. The van der Waals surface area contributed by atoms with Gasteiger partial charge in [0.2, 0.25) is 11.8 Å². The number of phenolic OH excluding ortho intramolecular Hbond substituents is 1. The number of hydrogen-bond donors (Lipinski definition) is 3. The lowest BCUT2D eigenvalue weighted by molar-refractivity contribution is -0.152. The van der Waals surface area contributed by atoms with Crippen molar-refractivity contribution in [1.82, 2.24) is 10.2 Å². The molecule has 2 aliphatic heterocycles. The van der Waals surface area contributed by atoms with Gasteiger partial charge in [-0.2, -0.15) is 0 Å². The van der Waals surface area contributed by atoms with Gasteiger partial charge in [-0.25, -0.2) is 0 Å². The number of ether oxygens (including phenoxy) is 1. The second-order valence-corrected chi connectivity index (χ2v) is 8.58. The molecule has 2 fully saturated rings. The Morgan fingerprint density at radius 1 is 1.30 bits per heavy atom. The number of carbonyl (C=O) groups is 3. The molecule has 0 radical (unpaired) electrons. The molecule has 2 heterocycles. The van der Waals surface area contributed by atoms with E-state index in [9.17, 15) is 24.6 Å². The van der Waals surface area contributed by atoms with Gasteiger partial charge in [0.25, 0.3) is 0 Å². The van der Waals surface area contributed by atoms with Crippen LogP contribution in [0.15, 0.2) is 18.2 Å². The van der Waals surface area contributed by atoms with E-state index in [1.165, 1.54) is 12.0 Å². The van der Waals surface area contributed by atoms with E-state index in [4.69, 9.17) is 4.74 Å². The van der Waals surface area contributed by atoms with Gasteiger partial charge in [-0.15, -0.1) is 0 Å². The Bertz CT molecular complexity index is 854. The number of hydrogen-bond acceptors (Lipinski definition) is 6. The SMILES string of the molecule is CCCCN1C(=O)[C@@H]2[C@H](c3cccc(OC)c3O)N[C@](CC(C)C)(C(=O)O)[C@H]2C1=O. The maximum absolute atomic E-state index is 13.3. The number of aromatic hydroxyl groups is 1. The smallest absolute Gasteiger partial charge is 0.324 e. The van der Waals surface area contributed by atoms with E-state index >= 15 is 0 Å². The number of nitrogens with one attached hydrogen (secondary N) is 1. The fourth-order valence-corrected chi connectivity index (χ4v) is 4.94. The molecule has 30 heavy (non-hydrogen) atoms. The molecule has 3 N–H and O–H groups in total. The van der Waals surface area contributed by atoms with Gasteiger partial charge in [-0.1, -0.05) is 39.3 Å². The van der Waals surface area contributed by atoms with Crippen LogP contribution in [0.3, 0.4) is 0 Å². The van der Waals surface area contributed by atoms with Crippen LogP contribution in [0.5, 0.6) is 11.5 Å². The van der Waals surface area contributed by atoms with E-state index < -0.39 is 35.3 Å². The normalized spacial score (nSPS) is 28.3. The third-order valence-electron chi connectivity index (χ3n) is 6.18. The maximum Gasteiger partial charge on any atom is 0.324 e. The summed E-state index contributed by atoms with van der Waals surface area (Å²) in [6, 6.07) is 4.07. The molecule has 3 rings (SSSR count). The molecular formula is C22H30N2O6. The summed E-state index contributed by atoms with van der Waals surface area (Å²) in [5.74, 6) is -3.88. The predicted octanol–water partition coefficient (Wildman–Crippen LogP) is 2.32. The fourth-order valence-electron chi connectivity index (χ4n) is 4.94. The number of imide groups is 1. The molecule has 2 aliphatic rings. The number of amides is 2. The van der Waals surface area contributed by atoms with Crippen molar-refractivity contribution in [2.45, 2.75) is 51.6 Å². The van der Waals surface area contributed by atoms with Gasteiger partial charge < -0.3 is 14.9 Å². The van der Waals surface area contributed by atoms with E-state index in [-0.39, 0.29) is 36.3 Å². The van der Waals surface area contributed by atoms with Gasteiger partial charge in [0.05, 0.1) is 18.9 Å². The number of nitrogens with zero attached hydrogens (tertiary/aromatic N) is 1. The molecule has 2 amide bonds. The van der Waals surface area contributed by atoms with Crippen LogP contribution in [-0.2, 0) is 14.4 Å². The number of aliphatic carboxylic acids is 1. The highest BCUT2D eigenvalue weighted by Crippen LogP contribution is 2.53. The quantitative estimate of drug-likeness (QED) is 0.555. The lowest BCUT2D eigenvalue weighted by atomic mass is 9.75. The Morgan fingerprint density at radius 3 is 2.57 bits per heavy atom. The van der Waals surface area contributed by atoms with Gasteiger partial charge in [0.15, 0.2) is 11.5 Å². The molecule has 1 aromatic rings. The Kier molecular flexibility index (Phi) is 6.08. The van der Waals surface area contributed by atoms with Crippen molar-refractivity contribution in [1.29, 1.82) is 0 Å². The van der Waals surface area contributed by atoms with Crippen LogP contribution in [0, 0.1) is 17.8 Å². The first-order chi connectivity index (χ1) is 14.2. The van der Waals surface area contributed by atoms with E-state index in [1.54, 1.807) is 18.2 Å². The zero-order chi connectivity index (χ0) is 22.2. The van der Waals surface area contributed by atoms with Crippen molar-refractivity contribution in [2.24, 2.45) is 17.8 Å². The van der Waals surface area contributed by atoms with Crippen molar-refractivity contribution in [3.05, 3.63) is 23.8 Å². The molecule has 0 bridgehead atoms. The highest BCUT2D eigenvalue weighted by atomic mass is 16.5. The van der Waals surface area contributed by atoms with Gasteiger partial charge in [-0.3, -0.25) is 24.6 Å². The summed E-state index contributed by atoms with van der Waals surface area (Å²) in [4.78, 5) is 40.4. The summed E-state index contributed by atoms with van der Waals surface area (Å²) in [6.45, 7) is 6.00. The number of carboxylic acids is 1. The topological polar surface area (TPSA) is 116 Å². The highest BCUT2D eigenvalue weighted by Gasteiger charge is 2.68. The third kappa shape index (κ3) is 3.33. The summed E-state index contributed by atoms with van der Waals surface area (Å²) in [6.07, 6.45) is 1.65. The standard InChI is InChI=1S/C22H30N2O6/c1-5-6-10-24-19(26)15-16(20(24)27)22(21(28)29,11-12(2)3)23-17(15)13-8-7-9-14(30-4)18(13)25/h7-9,12,15-17,23,25H,5-6,10-11H2,1-4H3,(H,28,29)/t15-,16+,17-,22-/m0/s1. The van der Waals surface area contributed by atoms with Crippen molar-refractivity contribution in [3.63, 3.8) is 0 Å². The zero-order valence-electron chi connectivity index (χ0n) is 17.8. The molecule has 8 heteroatoms. The summed E-state index contributed by atoms with van der Waals surface area (Å²) in [5.41, 5.74) is -1.23. The van der Waals surface area contributed by atoms with Crippen LogP contribution in [0.2, 0.25) is 0 Å². The van der Waals surface area contributed by atoms with Crippen molar-refractivity contribution in [2.75, 3.05) is 13.7 Å². The molecule has 8 nitrogen and oxygen atoms in total. The second kappa shape index (κ2) is 8.26. The molecule has 1 aromatic carbocycles. The number of phenols is 1. The first kappa shape index (κ1) is 22.1. The van der Waals surface area contributed by atoms with Gasteiger partial charge in [0.1, 0.15) is 5.54 Å². The number of carboxylic acid groups (broad SMARTS) is 1. The molecule has 0 aromatic heterocycles. The van der Waals surface area contributed by atoms with Crippen molar-refractivity contribution in [3.8, 4) is 11.5 Å². The number of fused-ring (bicyclic) bond motifs is 1. The Morgan fingerprint density at radius 2 is 2.00 bits per heavy atom. The largest absolute Gasteiger partial charge is 0.504 e. The molecule has 0 unspecified atom stereocenters. The molecular weight excluding hydrogens is 388 g/mol. The minimum atomic E-state index is -1.59. The summed E-state index contributed by atoms with van der Waals surface area (Å²) >= 11 is 0. The number of carbonyl (C=O) groups excluding carboxylic acids is 2. The molecule has 2 saturated heterocycles. The summed E-state index contributed by atoms with van der Waals surface area (Å²) in [7, 11) is 1.42. The van der Waals surface area contributed by atoms with Crippen LogP contribution in [0.25, 0.3) is 0 Å². The monoisotopic (exact) mass is 418 g/mol. The van der Waals surface area contributed by atoms with E-state index in [0.29, 0.717) is 12.0 Å². The number of para-hydroxylation sites is 1. The van der Waals surface area contributed by atoms with E-state index in [2.05, 4.69) is 5.32 Å². The first-order valence-electron chi connectivity index (χ1n) is 10.4. The predicted molar refractivity (Wildman–Crippen MR) is 109 cm³/mol. The lowest BCUT2D eigenvalue weighted by Crippen LogP contribution is -2.56. The Labute approximate surface area is 176 Å². The minimum Gasteiger partial charge on any atom is -0.504 e. The van der Waals surface area contributed by atoms with E-state index in [0.717, 1.165) is 6.42 Å². The minimum absolute atomic E-state index is 0.0282. The highest BCUT2D eigenvalue weighted by molar-refractivity contribution is 6.09. The van der Waals surface area contributed by atoms with Crippen LogP contribution in [-0.4, -0.2) is 52.1 Å². The molecule has 4 atom stereocenters. The molecule has 164 valence electrons. The molecule has 0 aliphatic carbocycles. The van der Waals surface area contributed by atoms with Crippen LogP contribution >= 0.6 is 0 Å². The number of rotatable bonds is 8. The number of likely N-dealkylation sites (tertiary alicyclic amines) is 1. The number of benzene rings is 1. The van der Waals surface area contributed by atoms with Crippen LogP contribution < -0.4 is 10.1 Å². The van der Waals surface area contributed by atoms with Gasteiger partial charge >= 0.3 is 5.97 Å². The van der Waals surface area contributed by atoms with Gasteiger partial charge in [0, 0.05) is 18.2 Å². The second-order valence-electron chi connectivity index (χ2n) is 8.58. The Hall–Kier alpha value is -2.61. The molecule has 0 spiro atoms. The summed E-state index contributed by atoms with van der Waals surface area (Å²) < 4.78 is 5.19. The van der Waals surface area contributed by atoms with Crippen molar-refractivity contribution < 1.29 is 29.3 Å².